The normalized spacial score (nSPS) is 10.6. The van der Waals surface area contributed by atoms with Gasteiger partial charge in [-0.1, -0.05) is 76.8 Å². The van der Waals surface area contributed by atoms with Gasteiger partial charge in [0.1, 0.15) is 0 Å². The summed E-state index contributed by atoms with van der Waals surface area (Å²) >= 11 is 0. The molecule has 0 bridgehead atoms. The number of benzene rings is 1. The fourth-order valence-electron chi connectivity index (χ4n) is 2.61. The van der Waals surface area contributed by atoms with E-state index < -0.39 is 0 Å². The van der Waals surface area contributed by atoms with Crippen molar-refractivity contribution in [2.45, 2.75) is 71.1 Å². The van der Waals surface area contributed by atoms with Crippen LogP contribution in [0.15, 0.2) is 24.3 Å². The van der Waals surface area contributed by atoms with Crippen LogP contribution >= 0.6 is 0 Å². The highest BCUT2D eigenvalue weighted by atomic mass is 16.1. The van der Waals surface area contributed by atoms with Crippen LogP contribution in [0.1, 0.15) is 81.5 Å². The second-order valence-corrected chi connectivity index (χ2v) is 6.03. The predicted molar refractivity (Wildman–Crippen MR) is 95.0 cm³/mol. The van der Waals surface area contributed by atoms with Gasteiger partial charge < -0.3 is 11.1 Å². The molecule has 0 unspecified atom stereocenters. The van der Waals surface area contributed by atoms with Crippen LogP contribution < -0.4 is 11.1 Å². The average molecular weight is 304 g/mol. The van der Waals surface area contributed by atoms with Crippen molar-refractivity contribution in [3.8, 4) is 0 Å². The molecule has 1 aromatic rings. The molecule has 0 aliphatic heterocycles. The zero-order valence-electron chi connectivity index (χ0n) is 14.1. The number of anilines is 1. The van der Waals surface area contributed by atoms with Gasteiger partial charge in [-0.25, -0.2) is 0 Å². The highest BCUT2D eigenvalue weighted by molar-refractivity contribution is 5.98. The zero-order chi connectivity index (χ0) is 16.0. The third-order valence-corrected chi connectivity index (χ3v) is 4.02. The van der Waals surface area contributed by atoms with Crippen molar-refractivity contribution in [3.63, 3.8) is 0 Å². The Morgan fingerprint density at radius 3 is 2.05 bits per heavy atom. The Bertz CT molecular complexity index is 418. The van der Waals surface area contributed by atoms with Crippen molar-refractivity contribution in [3.05, 3.63) is 29.8 Å². The summed E-state index contributed by atoms with van der Waals surface area (Å²) in [6.45, 7) is 2.99. The third-order valence-electron chi connectivity index (χ3n) is 4.02. The molecule has 0 fully saturated rings. The highest BCUT2D eigenvalue weighted by Crippen LogP contribution is 2.11. The first-order valence-electron chi connectivity index (χ1n) is 8.88. The predicted octanol–water partition coefficient (Wildman–Crippen LogP) is 4.92. The second kappa shape index (κ2) is 12.1. The molecule has 1 amide bonds. The van der Waals surface area contributed by atoms with E-state index in [1.165, 1.54) is 57.8 Å². The molecule has 0 spiro atoms. The Labute approximate surface area is 135 Å². The molecule has 22 heavy (non-hydrogen) atoms. The minimum Gasteiger partial charge on any atom is -0.398 e. The van der Waals surface area contributed by atoms with E-state index in [9.17, 15) is 4.79 Å². The molecule has 1 rings (SSSR count). The van der Waals surface area contributed by atoms with Crippen LogP contribution in [0, 0.1) is 0 Å². The van der Waals surface area contributed by atoms with Gasteiger partial charge in [0.05, 0.1) is 5.56 Å². The number of rotatable bonds is 12. The van der Waals surface area contributed by atoms with Gasteiger partial charge in [-0.05, 0) is 18.6 Å². The summed E-state index contributed by atoms with van der Waals surface area (Å²) in [7, 11) is 0. The number of nitrogens with one attached hydrogen (secondary N) is 1. The maximum Gasteiger partial charge on any atom is 0.253 e. The van der Waals surface area contributed by atoms with E-state index in [-0.39, 0.29) is 5.91 Å². The van der Waals surface area contributed by atoms with Gasteiger partial charge in [0.25, 0.3) is 5.91 Å². The lowest BCUT2D eigenvalue weighted by molar-refractivity contribution is 0.0954. The van der Waals surface area contributed by atoms with Crippen LogP contribution in [0.3, 0.4) is 0 Å². The van der Waals surface area contributed by atoms with Crippen LogP contribution in [0.4, 0.5) is 5.69 Å². The molecule has 3 N–H and O–H groups in total. The number of para-hydroxylation sites is 1. The summed E-state index contributed by atoms with van der Waals surface area (Å²) in [6.07, 6.45) is 13.1. The van der Waals surface area contributed by atoms with Crippen molar-refractivity contribution < 1.29 is 4.79 Å². The van der Waals surface area contributed by atoms with E-state index in [1.54, 1.807) is 12.1 Å². The summed E-state index contributed by atoms with van der Waals surface area (Å²) in [5.74, 6) is -0.0611. The van der Waals surface area contributed by atoms with E-state index in [1.807, 2.05) is 12.1 Å². The molecular formula is C19H32N2O. The maximum atomic E-state index is 11.9. The quantitative estimate of drug-likeness (QED) is 0.425. The number of hydrogen-bond donors (Lipinski definition) is 2. The number of unbranched alkanes of at least 4 members (excludes halogenated alkanes) is 9. The molecule has 124 valence electrons. The molecule has 0 radical (unpaired) electrons. The Balaban J connectivity index is 1.95. The van der Waals surface area contributed by atoms with Crippen molar-refractivity contribution >= 4 is 11.6 Å². The molecule has 0 aromatic heterocycles. The number of carbonyl (C=O) groups excluding carboxylic acids is 1. The molecule has 1 aromatic carbocycles. The first kappa shape index (κ1) is 18.5. The van der Waals surface area contributed by atoms with Crippen LogP contribution in [0.5, 0.6) is 0 Å². The lowest BCUT2D eigenvalue weighted by Gasteiger charge is -2.07. The SMILES string of the molecule is CCCCCCCCCCCCNC(=O)c1ccccc1N. The Kier molecular flexibility index (Phi) is 10.2. The van der Waals surface area contributed by atoms with E-state index >= 15 is 0 Å². The van der Waals surface area contributed by atoms with Crippen LogP contribution in [0.25, 0.3) is 0 Å². The summed E-state index contributed by atoms with van der Waals surface area (Å²) in [6, 6.07) is 7.21. The van der Waals surface area contributed by atoms with Gasteiger partial charge in [0, 0.05) is 12.2 Å². The van der Waals surface area contributed by atoms with E-state index in [4.69, 9.17) is 5.73 Å². The van der Waals surface area contributed by atoms with Gasteiger partial charge >= 0.3 is 0 Å². The van der Waals surface area contributed by atoms with E-state index in [2.05, 4.69) is 12.2 Å². The van der Waals surface area contributed by atoms with Gasteiger partial charge in [0.15, 0.2) is 0 Å². The van der Waals surface area contributed by atoms with Crippen LogP contribution in [-0.2, 0) is 0 Å². The van der Waals surface area contributed by atoms with E-state index in [0.717, 1.165) is 13.0 Å². The first-order valence-corrected chi connectivity index (χ1v) is 8.88. The zero-order valence-corrected chi connectivity index (χ0v) is 14.1. The summed E-state index contributed by atoms with van der Waals surface area (Å²) in [5.41, 5.74) is 6.91. The molecule has 3 heteroatoms. The smallest absolute Gasteiger partial charge is 0.253 e. The van der Waals surface area contributed by atoms with Crippen molar-refractivity contribution in [2.75, 3.05) is 12.3 Å². The Morgan fingerprint density at radius 1 is 0.909 bits per heavy atom. The lowest BCUT2D eigenvalue weighted by Crippen LogP contribution is -2.25. The number of hydrogen-bond acceptors (Lipinski definition) is 2. The van der Waals surface area contributed by atoms with Gasteiger partial charge in [-0.15, -0.1) is 0 Å². The van der Waals surface area contributed by atoms with Crippen molar-refractivity contribution in [1.29, 1.82) is 0 Å². The van der Waals surface area contributed by atoms with Gasteiger partial charge in [-0.3, -0.25) is 4.79 Å². The number of amides is 1. The third kappa shape index (κ3) is 8.06. The molecule has 0 saturated carbocycles. The molecule has 0 aliphatic rings. The average Bonchev–Trinajstić information content (AvgIpc) is 2.53. The fourth-order valence-corrected chi connectivity index (χ4v) is 2.61. The number of carbonyl (C=O) groups is 1. The second-order valence-electron chi connectivity index (χ2n) is 6.03. The largest absolute Gasteiger partial charge is 0.398 e. The van der Waals surface area contributed by atoms with Crippen LogP contribution in [-0.4, -0.2) is 12.5 Å². The van der Waals surface area contributed by atoms with Crippen molar-refractivity contribution in [2.24, 2.45) is 0 Å². The Morgan fingerprint density at radius 2 is 1.45 bits per heavy atom. The Hall–Kier alpha value is -1.51. The molecule has 3 nitrogen and oxygen atoms in total. The highest BCUT2D eigenvalue weighted by Gasteiger charge is 2.07. The van der Waals surface area contributed by atoms with Gasteiger partial charge in [-0.2, -0.15) is 0 Å². The maximum absolute atomic E-state index is 11.9. The summed E-state index contributed by atoms with van der Waals surface area (Å²) < 4.78 is 0. The fraction of sp³-hybridized carbons (Fsp3) is 0.632. The lowest BCUT2D eigenvalue weighted by atomic mass is 10.1. The number of nitrogen functional groups attached to an aromatic ring is 1. The van der Waals surface area contributed by atoms with Crippen LogP contribution in [0.2, 0.25) is 0 Å². The van der Waals surface area contributed by atoms with Gasteiger partial charge in [0.2, 0.25) is 0 Å². The summed E-state index contributed by atoms with van der Waals surface area (Å²) in [5, 5.41) is 2.95. The topological polar surface area (TPSA) is 55.1 Å². The van der Waals surface area contributed by atoms with Crippen molar-refractivity contribution in [1.82, 2.24) is 5.32 Å². The number of nitrogens with two attached hydrogens (primary N) is 1. The monoisotopic (exact) mass is 304 g/mol. The summed E-state index contributed by atoms with van der Waals surface area (Å²) in [4.78, 5) is 11.9. The van der Waals surface area contributed by atoms with E-state index in [0.29, 0.717) is 11.3 Å². The molecule has 0 saturated heterocycles. The first-order chi connectivity index (χ1) is 10.8. The molecule has 0 atom stereocenters. The minimum absolute atomic E-state index is 0.0611. The molecule has 0 heterocycles. The molecular weight excluding hydrogens is 272 g/mol. The molecule has 0 aliphatic carbocycles. The minimum atomic E-state index is -0.0611. The standard InChI is InChI=1S/C19H32N2O/c1-2-3-4-5-6-7-8-9-10-13-16-21-19(22)17-14-11-12-15-18(17)20/h11-12,14-15H,2-10,13,16,20H2,1H3,(H,21,22).